The number of rotatable bonds is 8. The second-order valence-electron chi connectivity index (χ2n) is 6.14. The molecule has 0 unspecified atom stereocenters. The van der Waals surface area contributed by atoms with Gasteiger partial charge in [0.25, 0.3) is 0 Å². The molecule has 0 bridgehead atoms. The van der Waals surface area contributed by atoms with Crippen LogP contribution in [0, 0.1) is 0 Å². The van der Waals surface area contributed by atoms with Gasteiger partial charge in [-0.25, -0.2) is 0 Å². The van der Waals surface area contributed by atoms with Gasteiger partial charge in [0, 0.05) is 0 Å². The Bertz CT molecular complexity index is 722. The fraction of sp³-hybridized carbons (Fsp3) is 0.350. The highest BCUT2D eigenvalue weighted by molar-refractivity contribution is 7.80. The van der Waals surface area contributed by atoms with Gasteiger partial charge in [0.2, 0.25) is 0 Å². The number of hydrogen-bond donors (Lipinski definition) is 3. The maximum atomic E-state index is 5.63. The van der Waals surface area contributed by atoms with Crippen molar-refractivity contribution in [2.24, 2.45) is 0 Å². The number of quaternary nitrogens is 1. The molecule has 0 heterocycles. The third-order valence-corrected chi connectivity index (χ3v) is 4.36. The summed E-state index contributed by atoms with van der Waals surface area (Å²) < 4.78 is 11.1. The smallest absolute Gasteiger partial charge is 0.171 e. The molecule has 0 radical (unpaired) electrons. The molecule has 0 aliphatic carbocycles. The van der Waals surface area contributed by atoms with Gasteiger partial charge in [-0.3, -0.25) is 0 Å². The number of thiocarbonyl (C=S) groups is 1. The highest BCUT2D eigenvalue weighted by Gasteiger charge is 2.21. The van der Waals surface area contributed by atoms with Crippen LogP contribution in [0.2, 0.25) is 0 Å². The van der Waals surface area contributed by atoms with E-state index in [2.05, 4.69) is 30.8 Å². The van der Waals surface area contributed by atoms with Crippen LogP contribution in [0.15, 0.2) is 48.5 Å². The van der Waals surface area contributed by atoms with Crippen molar-refractivity contribution in [3.63, 3.8) is 0 Å². The van der Waals surface area contributed by atoms with Crippen LogP contribution in [0.25, 0.3) is 0 Å². The minimum Gasteiger partial charge on any atom is -0.496 e. The van der Waals surface area contributed by atoms with Crippen molar-refractivity contribution in [3.8, 4) is 11.5 Å². The van der Waals surface area contributed by atoms with E-state index in [0.29, 0.717) is 18.3 Å². The Balaban J connectivity index is 2.04. The summed E-state index contributed by atoms with van der Waals surface area (Å²) in [5.41, 5.74) is 2.01. The first-order valence-corrected chi connectivity index (χ1v) is 9.17. The number of hydrogen-bond acceptors (Lipinski definition) is 3. The molecule has 0 aliphatic rings. The van der Waals surface area contributed by atoms with Crippen molar-refractivity contribution in [2.75, 3.05) is 39.7 Å². The van der Waals surface area contributed by atoms with Crippen LogP contribution in [0.5, 0.6) is 11.5 Å². The summed E-state index contributed by atoms with van der Waals surface area (Å²) in [6.45, 7) is 3.26. The predicted molar refractivity (Wildman–Crippen MR) is 110 cm³/mol. The molecule has 0 fully saturated rings. The van der Waals surface area contributed by atoms with Crippen LogP contribution in [0.1, 0.15) is 18.5 Å². The van der Waals surface area contributed by atoms with Gasteiger partial charge in [-0.05, 0) is 43.4 Å². The van der Waals surface area contributed by atoms with E-state index in [1.807, 2.05) is 49.4 Å². The Hall–Kier alpha value is -2.31. The molecule has 0 aliphatic heterocycles. The SMILES string of the molecule is CCOc1ccccc1NC(=S)NC[C@@H](c1ccccc1OC)[NH+](C)C. The van der Waals surface area contributed by atoms with E-state index in [9.17, 15) is 0 Å². The van der Waals surface area contributed by atoms with Crippen LogP contribution in [0.4, 0.5) is 5.69 Å². The Labute approximate surface area is 161 Å². The van der Waals surface area contributed by atoms with E-state index >= 15 is 0 Å². The zero-order valence-corrected chi connectivity index (χ0v) is 16.7. The molecule has 5 nitrogen and oxygen atoms in total. The van der Waals surface area contributed by atoms with E-state index in [1.165, 1.54) is 4.90 Å². The Kier molecular flexibility index (Phi) is 7.69. The minimum atomic E-state index is 0.202. The van der Waals surface area contributed by atoms with Gasteiger partial charge in [0.15, 0.2) is 5.11 Å². The summed E-state index contributed by atoms with van der Waals surface area (Å²) in [5.74, 6) is 1.68. The Morgan fingerprint density at radius 2 is 1.73 bits per heavy atom. The number of para-hydroxylation sites is 3. The Morgan fingerprint density at radius 1 is 1.08 bits per heavy atom. The van der Waals surface area contributed by atoms with Crippen LogP contribution in [-0.2, 0) is 0 Å². The molecule has 26 heavy (non-hydrogen) atoms. The van der Waals surface area contributed by atoms with Gasteiger partial charge in [0.1, 0.15) is 17.5 Å². The largest absolute Gasteiger partial charge is 0.496 e. The molecule has 6 heteroatoms. The van der Waals surface area contributed by atoms with Crippen LogP contribution in [0.3, 0.4) is 0 Å². The van der Waals surface area contributed by atoms with Gasteiger partial charge in [0.05, 0.1) is 45.6 Å². The summed E-state index contributed by atoms with van der Waals surface area (Å²) in [7, 11) is 5.95. The third kappa shape index (κ3) is 5.34. The second-order valence-corrected chi connectivity index (χ2v) is 6.54. The topological polar surface area (TPSA) is 47.0 Å². The summed E-state index contributed by atoms with van der Waals surface area (Å²) in [4.78, 5) is 1.29. The Morgan fingerprint density at radius 3 is 2.38 bits per heavy atom. The maximum Gasteiger partial charge on any atom is 0.171 e. The van der Waals surface area contributed by atoms with Crippen LogP contribution < -0.4 is 25.0 Å². The van der Waals surface area contributed by atoms with E-state index in [-0.39, 0.29) is 6.04 Å². The molecule has 3 N–H and O–H groups in total. The van der Waals surface area contributed by atoms with Gasteiger partial charge < -0.3 is 25.0 Å². The highest BCUT2D eigenvalue weighted by Crippen LogP contribution is 2.24. The normalized spacial score (nSPS) is 11.7. The standard InChI is InChI=1S/C20H27N3O2S/c1-5-25-19-13-9-7-11-16(19)22-20(26)21-14-17(23(2)3)15-10-6-8-12-18(15)24-4/h6-13,17H,5,14H2,1-4H3,(H2,21,22,26)/p+1/t17-/m0/s1. The first-order valence-electron chi connectivity index (χ1n) is 8.76. The summed E-state index contributed by atoms with van der Waals surface area (Å²) in [5, 5.41) is 7.11. The van der Waals surface area contributed by atoms with Crippen molar-refractivity contribution in [1.29, 1.82) is 0 Å². The number of nitrogens with one attached hydrogen (secondary N) is 3. The minimum absolute atomic E-state index is 0.202. The molecular weight excluding hydrogens is 346 g/mol. The molecule has 2 rings (SSSR count). The summed E-state index contributed by atoms with van der Waals surface area (Å²) >= 11 is 5.48. The van der Waals surface area contributed by atoms with Gasteiger partial charge in [-0.1, -0.05) is 24.3 Å². The predicted octanol–water partition coefficient (Wildman–Crippen LogP) is 2.27. The molecule has 2 aromatic rings. The second kappa shape index (κ2) is 9.99. The van der Waals surface area contributed by atoms with Crippen molar-refractivity contribution in [3.05, 3.63) is 54.1 Å². The molecule has 0 amide bonds. The van der Waals surface area contributed by atoms with Gasteiger partial charge >= 0.3 is 0 Å². The molecule has 2 aromatic carbocycles. The van der Waals surface area contributed by atoms with E-state index in [4.69, 9.17) is 21.7 Å². The van der Waals surface area contributed by atoms with Crippen molar-refractivity contribution >= 4 is 23.0 Å². The van der Waals surface area contributed by atoms with E-state index in [0.717, 1.165) is 22.7 Å². The molecule has 0 spiro atoms. The average molecular weight is 375 g/mol. The average Bonchev–Trinajstić information content (AvgIpc) is 2.64. The van der Waals surface area contributed by atoms with Crippen LogP contribution in [-0.4, -0.2) is 39.5 Å². The lowest BCUT2D eigenvalue weighted by atomic mass is 10.0. The molecule has 0 saturated heterocycles. The highest BCUT2D eigenvalue weighted by atomic mass is 32.1. The lowest BCUT2D eigenvalue weighted by Gasteiger charge is -2.24. The molecule has 0 aromatic heterocycles. The molecule has 140 valence electrons. The summed E-state index contributed by atoms with van der Waals surface area (Å²) in [6, 6.07) is 16.1. The van der Waals surface area contributed by atoms with E-state index < -0.39 is 0 Å². The first kappa shape index (κ1) is 20.0. The number of anilines is 1. The van der Waals surface area contributed by atoms with Gasteiger partial charge in [-0.15, -0.1) is 0 Å². The first-order chi connectivity index (χ1) is 12.6. The van der Waals surface area contributed by atoms with Crippen molar-refractivity contribution in [1.82, 2.24) is 5.32 Å². The quantitative estimate of drug-likeness (QED) is 0.619. The number of methoxy groups -OCH3 is 1. The zero-order valence-electron chi connectivity index (χ0n) is 15.8. The monoisotopic (exact) mass is 374 g/mol. The number of benzene rings is 2. The van der Waals surface area contributed by atoms with Gasteiger partial charge in [-0.2, -0.15) is 0 Å². The van der Waals surface area contributed by atoms with Crippen LogP contribution >= 0.6 is 12.2 Å². The fourth-order valence-corrected chi connectivity index (χ4v) is 2.99. The maximum absolute atomic E-state index is 5.63. The number of ether oxygens (including phenoxy) is 2. The fourth-order valence-electron chi connectivity index (χ4n) is 2.79. The van der Waals surface area contributed by atoms with Crippen molar-refractivity contribution in [2.45, 2.75) is 13.0 Å². The lowest BCUT2D eigenvalue weighted by molar-refractivity contribution is -0.890. The lowest BCUT2D eigenvalue weighted by Crippen LogP contribution is -3.07. The molecular formula is C20H28N3O2S+. The molecule has 1 atom stereocenters. The third-order valence-electron chi connectivity index (χ3n) is 4.11. The summed E-state index contributed by atoms with van der Waals surface area (Å²) in [6.07, 6.45) is 0. The van der Waals surface area contributed by atoms with E-state index in [1.54, 1.807) is 7.11 Å². The number of likely N-dealkylation sites (N-methyl/N-ethyl adjacent to an activating group) is 1. The molecule has 0 saturated carbocycles. The zero-order chi connectivity index (χ0) is 18.9. The van der Waals surface area contributed by atoms with Crippen molar-refractivity contribution < 1.29 is 14.4 Å².